The summed E-state index contributed by atoms with van der Waals surface area (Å²) < 4.78 is 5.54. The third kappa shape index (κ3) is 2.24. The number of nitrogens with one attached hydrogen (secondary N) is 1. The average molecular weight is 296 g/mol. The van der Waals surface area contributed by atoms with Gasteiger partial charge in [0.2, 0.25) is 0 Å². The monoisotopic (exact) mass is 295 g/mol. The van der Waals surface area contributed by atoms with Crippen molar-refractivity contribution in [2.45, 2.75) is 6.92 Å². The summed E-state index contributed by atoms with van der Waals surface area (Å²) in [7, 11) is 0. The molecule has 0 atom stereocenters. The van der Waals surface area contributed by atoms with Crippen LogP contribution in [-0.2, 0) is 4.74 Å². The second-order valence-electron chi connectivity index (χ2n) is 3.43. The molecule has 0 saturated carbocycles. The normalized spacial score (nSPS) is 10.5. The third-order valence-corrected chi connectivity index (χ3v) is 2.96. The average Bonchev–Trinajstić information content (AvgIpc) is 2.29. The van der Waals surface area contributed by atoms with Crippen LogP contribution in [0.25, 0.3) is 10.9 Å². The summed E-state index contributed by atoms with van der Waals surface area (Å²) in [4.78, 5) is 26.3. The first kappa shape index (κ1) is 11.9. The minimum Gasteiger partial charge on any atom is -0.461 e. The van der Waals surface area contributed by atoms with E-state index in [0.29, 0.717) is 15.4 Å². The number of rotatable bonds is 2. The number of fused-ring (bicyclic) bond motifs is 1. The van der Waals surface area contributed by atoms with E-state index >= 15 is 0 Å². The number of carbonyl (C=O) groups is 1. The van der Waals surface area contributed by atoms with E-state index in [4.69, 9.17) is 4.74 Å². The molecule has 0 aliphatic rings. The van der Waals surface area contributed by atoms with Gasteiger partial charge in [0.1, 0.15) is 5.69 Å². The van der Waals surface area contributed by atoms with E-state index in [1.165, 1.54) is 6.07 Å². The zero-order valence-electron chi connectivity index (χ0n) is 9.12. The summed E-state index contributed by atoms with van der Waals surface area (Å²) in [5, 5.41) is 0.528. The topological polar surface area (TPSA) is 59.2 Å². The van der Waals surface area contributed by atoms with Crippen molar-refractivity contribution in [3.63, 3.8) is 0 Å². The fourth-order valence-electron chi connectivity index (χ4n) is 1.58. The molecule has 0 unspecified atom stereocenters. The van der Waals surface area contributed by atoms with Crippen LogP contribution in [0.1, 0.15) is 17.4 Å². The number of benzene rings is 1. The second-order valence-corrected chi connectivity index (χ2v) is 4.28. The highest BCUT2D eigenvalue weighted by Gasteiger charge is 2.11. The summed E-state index contributed by atoms with van der Waals surface area (Å²) in [6.45, 7) is 1.99. The van der Waals surface area contributed by atoms with Crippen molar-refractivity contribution in [1.82, 2.24) is 4.98 Å². The maximum Gasteiger partial charge on any atom is 0.354 e. The lowest BCUT2D eigenvalue weighted by Crippen LogP contribution is -2.12. The number of pyridine rings is 1. The number of hydrogen-bond donors (Lipinski definition) is 1. The van der Waals surface area contributed by atoms with Crippen molar-refractivity contribution in [1.29, 1.82) is 0 Å². The molecule has 17 heavy (non-hydrogen) atoms. The van der Waals surface area contributed by atoms with Crippen LogP contribution >= 0.6 is 15.9 Å². The van der Waals surface area contributed by atoms with Gasteiger partial charge in [0, 0.05) is 10.5 Å². The van der Waals surface area contributed by atoms with Gasteiger partial charge >= 0.3 is 5.97 Å². The Morgan fingerprint density at radius 2 is 2.24 bits per heavy atom. The summed E-state index contributed by atoms with van der Waals surface area (Å²) in [6, 6.07) is 6.56. The van der Waals surface area contributed by atoms with Crippen LogP contribution in [0.3, 0.4) is 0 Å². The van der Waals surface area contributed by atoms with Crippen LogP contribution in [0.4, 0.5) is 0 Å². The number of H-pyrrole nitrogens is 1. The molecule has 0 saturated heterocycles. The molecule has 4 nitrogen and oxygen atoms in total. The summed E-state index contributed by atoms with van der Waals surface area (Å²) in [5.41, 5.74) is 0.562. The van der Waals surface area contributed by atoms with Gasteiger partial charge in [-0.25, -0.2) is 4.79 Å². The maximum absolute atomic E-state index is 11.9. The molecule has 5 heteroatoms. The number of esters is 1. The lowest BCUT2D eigenvalue weighted by atomic mass is 10.2. The largest absolute Gasteiger partial charge is 0.461 e. The standard InChI is InChI=1S/C12H10BrNO3/c1-2-17-12(16)9-6-10(15)11-7(13)4-3-5-8(11)14-9/h3-6H,2H2,1H3,(H,14,15). The predicted molar refractivity (Wildman–Crippen MR) is 68.2 cm³/mol. The smallest absolute Gasteiger partial charge is 0.354 e. The van der Waals surface area contributed by atoms with Gasteiger partial charge in [0.05, 0.1) is 17.5 Å². The van der Waals surface area contributed by atoms with E-state index in [0.717, 1.165) is 0 Å². The Morgan fingerprint density at radius 1 is 1.47 bits per heavy atom. The Labute approximate surface area is 106 Å². The number of aromatic amines is 1. The van der Waals surface area contributed by atoms with E-state index in [1.807, 2.05) is 0 Å². The van der Waals surface area contributed by atoms with E-state index in [9.17, 15) is 9.59 Å². The van der Waals surface area contributed by atoms with Crippen LogP contribution in [0, 0.1) is 0 Å². The number of carbonyl (C=O) groups excluding carboxylic acids is 1. The van der Waals surface area contributed by atoms with Gasteiger partial charge in [-0.05, 0) is 35.0 Å². The molecular weight excluding hydrogens is 286 g/mol. The Hall–Kier alpha value is -1.62. The molecule has 0 radical (unpaired) electrons. The van der Waals surface area contributed by atoms with Crippen LogP contribution in [0.2, 0.25) is 0 Å². The maximum atomic E-state index is 11.9. The molecule has 1 N–H and O–H groups in total. The second kappa shape index (κ2) is 4.71. The molecule has 88 valence electrons. The minimum absolute atomic E-state index is 0.169. The van der Waals surface area contributed by atoms with Crippen molar-refractivity contribution in [3.05, 3.63) is 44.7 Å². The zero-order chi connectivity index (χ0) is 12.4. The molecule has 0 amide bonds. The van der Waals surface area contributed by atoms with Gasteiger partial charge in [0.15, 0.2) is 5.43 Å². The number of halogens is 1. The van der Waals surface area contributed by atoms with Crippen molar-refractivity contribution in [2.75, 3.05) is 6.61 Å². The highest BCUT2D eigenvalue weighted by atomic mass is 79.9. The quantitative estimate of drug-likeness (QED) is 0.866. The van der Waals surface area contributed by atoms with Gasteiger partial charge in [-0.1, -0.05) is 6.07 Å². The van der Waals surface area contributed by atoms with Gasteiger partial charge in [-0.3, -0.25) is 4.79 Å². The number of hydrogen-bond acceptors (Lipinski definition) is 3. The molecule has 0 aliphatic heterocycles. The third-order valence-electron chi connectivity index (χ3n) is 2.30. The van der Waals surface area contributed by atoms with Crippen molar-refractivity contribution in [2.24, 2.45) is 0 Å². The Balaban J connectivity index is 2.65. The van der Waals surface area contributed by atoms with Crippen molar-refractivity contribution in [3.8, 4) is 0 Å². The van der Waals surface area contributed by atoms with Crippen LogP contribution in [0.15, 0.2) is 33.5 Å². The van der Waals surface area contributed by atoms with Crippen LogP contribution in [0.5, 0.6) is 0 Å². The lowest BCUT2D eigenvalue weighted by Gasteiger charge is -2.04. The van der Waals surface area contributed by atoms with Gasteiger partial charge < -0.3 is 9.72 Å². The highest BCUT2D eigenvalue weighted by molar-refractivity contribution is 9.10. The minimum atomic E-state index is -0.522. The summed E-state index contributed by atoms with van der Waals surface area (Å²) >= 11 is 3.30. The molecule has 1 aromatic carbocycles. The fraction of sp³-hybridized carbons (Fsp3) is 0.167. The van der Waals surface area contributed by atoms with Crippen LogP contribution in [-0.4, -0.2) is 17.6 Å². The Kier molecular flexibility index (Phi) is 3.28. The fourth-order valence-corrected chi connectivity index (χ4v) is 2.14. The van der Waals surface area contributed by atoms with Gasteiger partial charge in [-0.15, -0.1) is 0 Å². The SMILES string of the molecule is CCOC(=O)c1cc(=O)c2c(Br)cccc2[nH]1. The first-order chi connectivity index (χ1) is 8.13. The molecular formula is C12H10BrNO3. The van der Waals surface area contributed by atoms with E-state index in [1.54, 1.807) is 25.1 Å². The van der Waals surface area contributed by atoms with Crippen LogP contribution < -0.4 is 5.43 Å². The molecule has 2 rings (SSSR count). The molecule has 0 aliphatic carbocycles. The van der Waals surface area contributed by atoms with Crippen molar-refractivity contribution >= 4 is 32.8 Å². The predicted octanol–water partition coefficient (Wildman–Crippen LogP) is 2.47. The molecule has 0 bridgehead atoms. The van der Waals surface area contributed by atoms with Gasteiger partial charge in [0.25, 0.3) is 0 Å². The first-order valence-corrected chi connectivity index (χ1v) is 5.91. The van der Waals surface area contributed by atoms with Crippen molar-refractivity contribution < 1.29 is 9.53 Å². The lowest BCUT2D eigenvalue weighted by molar-refractivity contribution is 0.0520. The number of aromatic nitrogens is 1. The molecule has 0 spiro atoms. The Morgan fingerprint density at radius 3 is 2.94 bits per heavy atom. The van der Waals surface area contributed by atoms with E-state index < -0.39 is 5.97 Å². The van der Waals surface area contributed by atoms with E-state index in [2.05, 4.69) is 20.9 Å². The molecule has 1 heterocycles. The molecule has 1 aromatic heterocycles. The first-order valence-electron chi connectivity index (χ1n) is 5.12. The highest BCUT2D eigenvalue weighted by Crippen LogP contribution is 2.19. The summed E-state index contributed by atoms with van der Waals surface area (Å²) in [6.07, 6.45) is 0. The number of ether oxygens (including phenoxy) is 1. The zero-order valence-corrected chi connectivity index (χ0v) is 10.7. The van der Waals surface area contributed by atoms with Gasteiger partial charge in [-0.2, -0.15) is 0 Å². The molecule has 0 fully saturated rings. The Bertz CT molecular complexity index is 633. The van der Waals surface area contributed by atoms with E-state index in [-0.39, 0.29) is 17.7 Å². The summed E-state index contributed by atoms with van der Waals surface area (Å²) in [5.74, 6) is -0.522. The molecule has 2 aromatic rings.